The van der Waals surface area contributed by atoms with E-state index in [-0.39, 0.29) is 16.5 Å². The number of rotatable bonds is 4. The molecule has 16 heavy (non-hydrogen) atoms. The molecule has 0 nitrogen and oxygen atoms in total. The molecule has 0 aromatic rings. The van der Waals surface area contributed by atoms with Crippen molar-refractivity contribution in [2.45, 2.75) is 13.3 Å². The van der Waals surface area contributed by atoms with E-state index >= 15 is 0 Å². The van der Waals surface area contributed by atoms with Crippen LogP contribution in [0.5, 0.6) is 0 Å². The van der Waals surface area contributed by atoms with Gasteiger partial charge in [-0.1, -0.05) is 62.5 Å². The second-order valence-corrected chi connectivity index (χ2v) is 4.70. The topological polar surface area (TPSA) is 0 Å². The summed E-state index contributed by atoms with van der Waals surface area (Å²) in [7, 11) is 0. The molecule has 0 bridgehead atoms. The Balaban J connectivity index is 0.00000128. The molecule has 1 radical (unpaired) electrons. The average molecular weight is 258 g/mol. The fraction of sp³-hybridized carbons (Fsp3) is 0.400. The molecule has 0 fully saturated rings. The van der Waals surface area contributed by atoms with Gasteiger partial charge in [0.25, 0.3) is 0 Å². The molecule has 0 saturated heterocycles. The van der Waals surface area contributed by atoms with Crippen molar-refractivity contribution >= 4 is 0 Å². The molecular formula is C15H19Ni. The number of allylic oxidation sites excluding steroid dienone is 8. The van der Waals surface area contributed by atoms with Gasteiger partial charge in [0.05, 0.1) is 0 Å². The first-order chi connectivity index (χ1) is 7.27. The maximum Gasteiger partial charge on any atom is 0 e. The zero-order chi connectivity index (χ0) is 10.7. The van der Waals surface area contributed by atoms with Crippen LogP contribution in [0.25, 0.3) is 0 Å². The van der Waals surface area contributed by atoms with Crippen LogP contribution in [0.1, 0.15) is 13.3 Å². The van der Waals surface area contributed by atoms with Crippen molar-refractivity contribution in [2.24, 2.45) is 23.7 Å². The summed E-state index contributed by atoms with van der Waals surface area (Å²) in [6, 6.07) is 0. The molecule has 89 valence electrons. The smallest absolute Gasteiger partial charge is 0 e. The first-order valence-corrected chi connectivity index (χ1v) is 5.80. The molecule has 1 atom stereocenters. The van der Waals surface area contributed by atoms with Crippen LogP contribution in [0.2, 0.25) is 0 Å². The molecule has 0 aromatic carbocycles. The Hall–Kier alpha value is -0.546. The summed E-state index contributed by atoms with van der Waals surface area (Å²) in [5, 5.41) is 0. The maximum atomic E-state index is 4.12. The normalized spacial score (nSPS) is 19.2. The van der Waals surface area contributed by atoms with Crippen molar-refractivity contribution in [1.82, 2.24) is 0 Å². The Labute approximate surface area is 109 Å². The summed E-state index contributed by atoms with van der Waals surface area (Å²) in [5.74, 6) is 2.42. The molecule has 0 N–H and O–H groups in total. The largest absolute Gasteiger partial charge is 0.0773 e. The van der Waals surface area contributed by atoms with E-state index < -0.39 is 0 Å². The summed E-state index contributed by atoms with van der Waals surface area (Å²) in [6.07, 6.45) is 19.1. The van der Waals surface area contributed by atoms with Crippen molar-refractivity contribution in [2.75, 3.05) is 0 Å². The predicted molar refractivity (Wildman–Crippen MR) is 66.2 cm³/mol. The second kappa shape index (κ2) is 6.25. The van der Waals surface area contributed by atoms with E-state index in [4.69, 9.17) is 0 Å². The first kappa shape index (κ1) is 13.5. The number of hydrogen-bond donors (Lipinski definition) is 0. The van der Waals surface area contributed by atoms with Crippen molar-refractivity contribution in [3.8, 4) is 0 Å². The first-order valence-electron chi connectivity index (χ1n) is 5.80. The SMILES string of the molecule is [CH2]C(C)CC(C1C=CC=C1)C1C=CC=C1.[Ni]. The summed E-state index contributed by atoms with van der Waals surface area (Å²) in [5.41, 5.74) is 0. The molecule has 0 heterocycles. The van der Waals surface area contributed by atoms with E-state index in [1.807, 2.05) is 0 Å². The van der Waals surface area contributed by atoms with Crippen LogP contribution in [0, 0.1) is 30.6 Å². The molecule has 2 rings (SSSR count). The molecule has 2 aliphatic rings. The summed E-state index contributed by atoms with van der Waals surface area (Å²) >= 11 is 0. The molecule has 0 aromatic heterocycles. The Morgan fingerprint density at radius 1 is 0.938 bits per heavy atom. The van der Waals surface area contributed by atoms with Gasteiger partial charge in [0.2, 0.25) is 0 Å². The van der Waals surface area contributed by atoms with Gasteiger partial charge < -0.3 is 0 Å². The third-order valence-electron chi connectivity index (χ3n) is 3.22. The Morgan fingerprint density at radius 2 is 1.31 bits per heavy atom. The van der Waals surface area contributed by atoms with E-state index in [2.05, 4.69) is 62.5 Å². The number of hydrogen-bond acceptors (Lipinski definition) is 0. The van der Waals surface area contributed by atoms with Crippen LogP contribution in [-0.4, -0.2) is 0 Å². The van der Waals surface area contributed by atoms with Gasteiger partial charge in [0, 0.05) is 16.5 Å². The molecule has 2 aliphatic carbocycles. The minimum absolute atomic E-state index is 0. The Bertz CT molecular complexity index is 268. The Kier molecular flexibility index (Phi) is 5.28. The van der Waals surface area contributed by atoms with E-state index in [1.54, 1.807) is 0 Å². The monoisotopic (exact) mass is 257 g/mol. The molecule has 1 heteroatoms. The van der Waals surface area contributed by atoms with Crippen LogP contribution >= 0.6 is 0 Å². The van der Waals surface area contributed by atoms with E-state index in [0.29, 0.717) is 23.7 Å². The van der Waals surface area contributed by atoms with Crippen molar-refractivity contribution in [3.63, 3.8) is 0 Å². The summed E-state index contributed by atoms with van der Waals surface area (Å²) in [4.78, 5) is 0. The Morgan fingerprint density at radius 3 is 1.62 bits per heavy atom. The van der Waals surface area contributed by atoms with E-state index in [0.717, 1.165) is 0 Å². The van der Waals surface area contributed by atoms with Gasteiger partial charge in [0.1, 0.15) is 0 Å². The third kappa shape index (κ3) is 3.22. The molecule has 1 unspecified atom stereocenters. The van der Waals surface area contributed by atoms with Gasteiger partial charge in [0.15, 0.2) is 0 Å². The minimum Gasteiger partial charge on any atom is -0.0773 e. The summed E-state index contributed by atoms with van der Waals surface area (Å²) in [6.45, 7) is 6.33. The quantitative estimate of drug-likeness (QED) is 0.670. The second-order valence-electron chi connectivity index (χ2n) is 4.70. The van der Waals surface area contributed by atoms with Crippen LogP contribution in [-0.2, 0) is 16.5 Å². The molecule has 0 saturated carbocycles. The van der Waals surface area contributed by atoms with Crippen LogP contribution < -0.4 is 0 Å². The predicted octanol–water partition coefficient (Wildman–Crippen LogP) is 3.94. The minimum atomic E-state index is 0. The van der Waals surface area contributed by atoms with Crippen molar-refractivity contribution in [3.05, 3.63) is 55.5 Å². The molecule has 0 spiro atoms. The third-order valence-corrected chi connectivity index (χ3v) is 3.22. The summed E-state index contributed by atoms with van der Waals surface area (Å²) < 4.78 is 0. The van der Waals surface area contributed by atoms with Crippen LogP contribution in [0.15, 0.2) is 48.6 Å². The van der Waals surface area contributed by atoms with Gasteiger partial charge >= 0.3 is 0 Å². The molecule has 0 aliphatic heterocycles. The van der Waals surface area contributed by atoms with Crippen LogP contribution in [0.4, 0.5) is 0 Å². The van der Waals surface area contributed by atoms with Gasteiger partial charge in [-0.05, 0) is 30.1 Å². The maximum absolute atomic E-state index is 4.12. The van der Waals surface area contributed by atoms with E-state index in [9.17, 15) is 0 Å². The van der Waals surface area contributed by atoms with Crippen molar-refractivity contribution in [1.29, 1.82) is 0 Å². The average Bonchev–Trinajstić information content (AvgIpc) is 2.87. The van der Waals surface area contributed by atoms with Crippen molar-refractivity contribution < 1.29 is 16.5 Å². The fourth-order valence-corrected chi connectivity index (χ4v) is 2.50. The van der Waals surface area contributed by atoms with Gasteiger partial charge in [-0.15, -0.1) is 0 Å². The van der Waals surface area contributed by atoms with Gasteiger partial charge in [-0.3, -0.25) is 0 Å². The zero-order valence-corrected chi connectivity index (χ0v) is 10.6. The fourth-order valence-electron chi connectivity index (χ4n) is 2.50. The zero-order valence-electron chi connectivity index (χ0n) is 9.66. The molecule has 0 amide bonds. The van der Waals surface area contributed by atoms with Gasteiger partial charge in [-0.25, -0.2) is 0 Å². The van der Waals surface area contributed by atoms with Gasteiger partial charge in [-0.2, -0.15) is 0 Å². The van der Waals surface area contributed by atoms with E-state index in [1.165, 1.54) is 6.42 Å². The standard InChI is InChI=1S/C15H19.Ni/c1-12(2)11-15(13-7-3-4-8-13)14-9-5-6-10-14;/h3-10,12-15H,1,11H2,2H3;. The van der Waals surface area contributed by atoms with Crippen LogP contribution in [0.3, 0.4) is 0 Å². The molecular weight excluding hydrogens is 239 g/mol.